The first kappa shape index (κ1) is 44.3. The van der Waals surface area contributed by atoms with Gasteiger partial charge in [0, 0.05) is 86.4 Å². The van der Waals surface area contributed by atoms with Gasteiger partial charge in [0.05, 0.1) is 12.2 Å². The van der Waals surface area contributed by atoms with Crippen LogP contribution >= 0.6 is 39.1 Å². The SMILES string of the molecule is CCN1CCN(CC)CCN(C(=O)O)CCN(CC(=O)NCCCCN2C(=O)N(c3cc(Cl)cc(Cl)c3)C(=O)[C@]2(C)Cc2ccc(Br)cc2)CC1.[Bi+3]. The van der Waals surface area contributed by atoms with Gasteiger partial charge >= 0.3 is 38.3 Å². The largest absolute Gasteiger partial charge is 3.00 e. The van der Waals surface area contributed by atoms with Crippen LogP contribution in [-0.4, -0.2) is 170 Å². The van der Waals surface area contributed by atoms with Gasteiger partial charge in [0.15, 0.2) is 0 Å². The number of carbonyl (C=O) groups is 4. The minimum absolute atomic E-state index is 0. The van der Waals surface area contributed by atoms with Crippen molar-refractivity contribution in [2.75, 3.05) is 90.0 Å². The molecule has 2 heterocycles. The minimum atomic E-state index is -1.16. The Morgan fingerprint density at radius 1 is 0.846 bits per heavy atom. The number of likely N-dealkylation sites (N-methyl/N-ethyl adjacent to an activating group) is 2. The van der Waals surface area contributed by atoms with Gasteiger partial charge in [0.2, 0.25) is 5.91 Å². The van der Waals surface area contributed by atoms with E-state index in [1.54, 1.807) is 30.0 Å². The number of benzene rings is 2. The third kappa shape index (κ3) is 12.2. The Morgan fingerprint density at radius 2 is 1.38 bits per heavy atom. The van der Waals surface area contributed by atoms with E-state index in [1.807, 2.05) is 29.2 Å². The summed E-state index contributed by atoms with van der Waals surface area (Å²) in [6.45, 7) is 13.7. The number of carboxylic acid groups (broad SMARTS) is 1. The minimum Gasteiger partial charge on any atom is -0.465 e. The molecule has 0 unspecified atom stereocenters. The van der Waals surface area contributed by atoms with Crippen molar-refractivity contribution in [3.63, 3.8) is 0 Å². The Kier molecular flexibility index (Phi) is 18.0. The average molecular weight is 1020 g/mol. The van der Waals surface area contributed by atoms with Crippen molar-refractivity contribution in [1.82, 2.24) is 29.8 Å². The Bertz CT molecular complexity index is 1510. The topological polar surface area (TPSA) is 120 Å². The third-order valence-corrected chi connectivity index (χ3v) is 10.7. The summed E-state index contributed by atoms with van der Waals surface area (Å²) in [6, 6.07) is 11.9. The maximum atomic E-state index is 14.0. The summed E-state index contributed by atoms with van der Waals surface area (Å²) in [7, 11) is 0. The van der Waals surface area contributed by atoms with Gasteiger partial charge in [-0.1, -0.05) is 65.1 Å². The summed E-state index contributed by atoms with van der Waals surface area (Å²) in [6.07, 6.45) is 0.504. The second-order valence-electron chi connectivity index (χ2n) is 13.3. The third-order valence-electron chi connectivity index (χ3n) is 9.75. The van der Waals surface area contributed by atoms with Gasteiger partial charge in [-0.2, -0.15) is 0 Å². The fourth-order valence-corrected chi connectivity index (χ4v) is 7.36. The number of nitrogens with zero attached hydrogens (tertiary/aromatic N) is 6. The monoisotopic (exact) mass is 1020 g/mol. The number of nitrogens with one attached hydrogen (secondary N) is 1. The molecule has 0 saturated carbocycles. The van der Waals surface area contributed by atoms with E-state index in [0.717, 1.165) is 47.7 Å². The molecule has 282 valence electrons. The zero-order valence-corrected chi connectivity index (χ0v) is 36.8. The predicted molar refractivity (Wildman–Crippen MR) is 211 cm³/mol. The first-order chi connectivity index (χ1) is 24.3. The van der Waals surface area contributed by atoms with Crippen LogP contribution in [0.25, 0.3) is 0 Å². The fourth-order valence-electron chi connectivity index (χ4n) is 6.58. The molecule has 0 aromatic heterocycles. The van der Waals surface area contributed by atoms with Gasteiger partial charge in [0.1, 0.15) is 5.54 Å². The molecule has 2 aliphatic heterocycles. The molecule has 2 aromatic rings. The molecule has 0 aliphatic carbocycles. The normalized spacial score (nSPS) is 20.0. The smallest absolute Gasteiger partial charge is 0.465 e. The molecule has 2 saturated heterocycles. The number of imide groups is 1. The van der Waals surface area contributed by atoms with Gasteiger partial charge in [0.25, 0.3) is 5.91 Å². The van der Waals surface area contributed by atoms with E-state index >= 15 is 0 Å². The van der Waals surface area contributed by atoms with E-state index in [1.165, 1.54) is 4.90 Å². The van der Waals surface area contributed by atoms with Crippen LogP contribution in [0.3, 0.4) is 0 Å². The number of halogens is 3. The number of hydrogen-bond donors (Lipinski definition) is 2. The van der Waals surface area contributed by atoms with Gasteiger partial charge in [-0.15, -0.1) is 0 Å². The summed E-state index contributed by atoms with van der Waals surface area (Å²) >= 11 is 15.9. The molecule has 5 amide bonds. The molecule has 2 radical (unpaired) electrons. The summed E-state index contributed by atoms with van der Waals surface area (Å²) in [5.41, 5.74) is 0.0651. The number of amides is 5. The molecule has 1 atom stereocenters. The maximum Gasteiger partial charge on any atom is 3.00 e. The molecule has 2 fully saturated rings. The summed E-state index contributed by atoms with van der Waals surface area (Å²) in [4.78, 5) is 63.8. The molecular weight excluding hydrogens is 970 g/mol. The van der Waals surface area contributed by atoms with E-state index in [9.17, 15) is 24.3 Å². The van der Waals surface area contributed by atoms with Crippen LogP contribution in [0.1, 0.15) is 39.2 Å². The Morgan fingerprint density at radius 3 is 1.94 bits per heavy atom. The van der Waals surface area contributed by atoms with E-state index in [4.69, 9.17) is 23.2 Å². The summed E-state index contributed by atoms with van der Waals surface area (Å²) < 4.78 is 0.913. The number of hydrogen-bond acceptors (Lipinski definition) is 7. The quantitative estimate of drug-likeness (QED) is 0.174. The van der Waals surface area contributed by atoms with E-state index < -0.39 is 17.7 Å². The standard InChI is InChI=1S/C36H50BrCl2N7O5.Bi/c1-4-41-14-15-42(5-2)18-20-44(35(50)51)21-19-43(17-16-41)26-32(47)40-12-6-7-13-45-34(49)46(31-23-29(38)22-30(39)24-31)33(48)36(45,3)25-27-8-10-28(37)11-9-27;/h8-11,22-24H,4-7,12-21,25-26H2,1-3H3,(H,40,47)(H,50,51);/q;+3/t36-;/m0./s1. The van der Waals surface area contributed by atoms with Gasteiger partial charge < -0.3 is 30.0 Å². The van der Waals surface area contributed by atoms with E-state index in [-0.39, 0.29) is 44.6 Å². The van der Waals surface area contributed by atoms with Crippen LogP contribution in [0.5, 0.6) is 0 Å². The molecule has 52 heavy (non-hydrogen) atoms. The van der Waals surface area contributed by atoms with Gasteiger partial charge in [-0.25, -0.2) is 14.5 Å². The van der Waals surface area contributed by atoms with Crippen molar-refractivity contribution in [2.24, 2.45) is 0 Å². The van der Waals surface area contributed by atoms with Crippen LogP contribution < -0.4 is 10.2 Å². The Labute approximate surface area is 345 Å². The predicted octanol–water partition coefficient (Wildman–Crippen LogP) is 4.98. The molecule has 2 N–H and O–H groups in total. The number of carbonyl (C=O) groups excluding carboxylic acids is 3. The van der Waals surface area contributed by atoms with E-state index in [2.05, 4.69) is 44.9 Å². The summed E-state index contributed by atoms with van der Waals surface area (Å²) in [5, 5.41) is 13.4. The first-order valence-corrected chi connectivity index (χ1v) is 19.2. The first-order valence-electron chi connectivity index (χ1n) is 17.6. The van der Waals surface area contributed by atoms with Crippen molar-refractivity contribution in [3.8, 4) is 0 Å². The van der Waals surface area contributed by atoms with Gasteiger partial charge in [-0.05, 0) is 68.8 Å². The van der Waals surface area contributed by atoms with Crippen LogP contribution in [-0.2, 0) is 16.0 Å². The zero-order chi connectivity index (χ0) is 37.1. The van der Waals surface area contributed by atoms with Crippen molar-refractivity contribution in [3.05, 3.63) is 62.5 Å². The van der Waals surface area contributed by atoms with Crippen molar-refractivity contribution in [2.45, 2.75) is 45.6 Å². The van der Waals surface area contributed by atoms with Crippen LogP contribution in [0.4, 0.5) is 15.3 Å². The Balaban J connectivity index is 0.00000729. The van der Waals surface area contributed by atoms with Crippen molar-refractivity contribution < 1.29 is 24.3 Å². The average Bonchev–Trinajstić information content (AvgIpc) is 3.26. The van der Waals surface area contributed by atoms with E-state index in [0.29, 0.717) is 80.8 Å². The summed E-state index contributed by atoms with van der Waals surface area (Å²) in [5.74, 6) is -0.500. The number of unbranched alkanes of at least 4 members (excludes halogenated alkanes) is 1. The molecule has 0 bridgehead atoms. The Hall–Kier alpha value is -2.06. The molecule has 12 nitrogen and oxygen atoms in total. The number of urea groups is 1. The van der Waals surface area contributed by atoms with Crippen LogP contribution in [0, 0.1) is 0 Å². The number of rotatable bonds is 12. The van der Waals surface area contributed by atoms with Crippen molar-refractivity contribution in [1.29, 1.82) is 0 Å². The molecule has 2 aliphatic rings. The van der Waals surface area contributed by atoms with Crippen LogP contribution in [0.2, 0.25) is 10.0 Å². The fraction of sp³-hybridized carbons (Fsp3) is 0.556. The van der Waals surface area contributed by atoms with Crippen molar-refractivity contribution >= 4 is 95.0 Å². The molecule has 4 rings (SSSR count). The number of anilines is 1. The molecule has 2 aromatic carbocycles. The second-order valence-corrected chi connectivity index (χ2v) is 15.0. The zero-order valence-electron chi connectivity index (χ0n) is 30.2. The maximum absolute atomic E-state index is 14.0. The second kappa shape index (κ2) is 21.1. The molecule has 16 heteroatoms. The molecule has 0 spiro atoms. The van der Waals surface area contributed by atoms with Crippen LogP contribution in [0.15, 0.2) is 46.9 Å². The molecular formula is C36H50BiBrCl2N7O5+3. The van der Waals surface area contributed by atoms with Gasteiger partial charge in [-0.3, -0.25) is 14.5 Å².